The van der Waals surface area contributed by atoms with Crippen LogP contribution in [0.3, 0.4) is 0 Å². The zero-order valence-electron chi connectivity index (χ0n) is 7.95. The molecule has 72 valence electrons. The van der Waals surface area contributed by atoms with Crippen molar-refractivity contribution in [1.29, 1.82) is 0 Å². The van der Waals surface area contributed by atoms with Crippen LogP contribution in [0, 0.1) is 6.92 Å². The fraction of sp³-hybridized carbons (Fsp3) is 0.400. The number of ether oxygens (including phenoxy) is 1. The molecule has 1 rings (SSSR count). The van der Waals surface area contributed by atoms with Crippen LogP contribution >= 0.6 is 12.6 Å². The van der Waals surface area contributed by atoms with E-state index in [9.17, 15) is 0 Å². The third kappa shape index (κ3) is 2.39. The van der Waals surface area contributed by atoms with Crippen LogP contribution in [0.15, 0.2) is 18.2 Å². The van der Waals surface area contributed by atoms with E-state index in [1.807, 2.05) is 19.1 Å². The van der Waals surface area contributed by atoms with E-state index in [0.717, 1.165) is 11.3 Å². The van der Waals surface area contributed by atoms with Crippen molar-refractivity contribution in [2.45, 2.75) is 12.2 Å². The van der Waals surface area contributed by atoms with Gasteiger partial charge < -0.3 is 10.5 Å². The SMILES string of the molecule is COc1ccc(C)cc1C(S)CN. The van der Waals surface area contributed by atoms with Gasteiger partial charge in [-0.25, -0.2) is 0 Å². The molecule has 0 aliphatic rings. The van der Waals surface area contributed by atoms with Crippen LogP contribution in [-0.2, 0) is 0 Å². The molecule has 0 saturated carbocycles. The Morgan fingerprint density at radius 3 is 2.77 bits per heavy atom. The van der Waals surface area contributed by atoms with E-state index < -0.39 is 0 Å². The van der Waals surface area contributed by atoms with E-state index in [0.29, 0.717) is 6.54 Å². The predicted octanol–water partition coefficient (Wildman–Crippen LogP) is 1.93. The van der Waals surface area contributed by atoms with Gasteiger partial charge in [-0.15, -0.1) is 0 Å². The highest BCUT2D eigenvalue weighted by Gasteiger charge is 2.10. The first-order valence-corrected chi connectivity index (χ1v) is 4.73. The quantitative estimate of drug-likeness (QED) is 0.726. The van der Waals surface area contributed by atoms with Crippen LogP contribution in [0.4, 0.5) is 0 Å². The van der Waals surface area contributed by atoms with Crippen molar-refractivity contribution in [3.63, 3.8) is 0 Å². The van der Waals surface area contributed by atoms with Gasteiger partial charge in [-0.1, -0.05) is 17.7 Å². The normalized spacial score (nSPS) is 12.6. The molecular formula is C10H15NOS. The Labute approximate surface area is 84.5 Å². The largest absolute Gasteiger partial charge is 0.496 e. The second-order valence-electron chi connectivity index (χ2n) is 3.00. The monoisotopic (exact) mass is 197 g/mol. The molecule has 0 aliphatic heterocycles. The van der Waals surface area contributed by atoms with Gasteiger partial charge in [0.15, 0.2) is 0 Å². The summed E-state index contributed by atoms with van der Waals surface area (Å²) in [6.45, 7) is 2.56. The Bertz CT molecular complexity index is 288. The standard InChI is InChI=1S/C10H15NOS/c1-7-3-4-9(12-2)8(5-7)10(13)6-11/h3-5,10,13H,6,11H2,1-2H3. The lowest BCUT2D eigenvalue weighted by molar-refractivity contribution is 0.409. The molecule has 0 saturated heterocycles. The molecule has 0 radical (unpaired) electrons. The molecule has 1 unspecified atom stereocenters. The molecule has 1 aromatic rings. The molecule has 0 spiro atoms. The van der Waals surface area contributed by atoms with E-state index in [4.69, 9.17) is 10.5 Å². The first-order chi connectivity index (χ1) is 6.19. The van der Waals surface area contributed by atoms with Crippen molar-refractivity contribution in [3.8, 4) is 5.75 Å². The van der Waals surface area contributed by atoms with Crippen molar-refractivity contribution in [2.75, 3.05) is 13.7 Å². The van der Waals surface area contributed by atoms with Crippen LogP contribution in [0.25, 0.3) is 0 Å². The van der Waals surface area contributed by atoms with E-state index in [-0.39, 0.29) is 5.25 Å². The summed E-state index contributed by atoms with van der Waals surface area (Å²) in [6.07, 6.45) is 0. The van der Waals surface area contributed by atoms with E-state index >= 15 is 0 Å². The molecule has 1 atom stereocenters. The van der Waals surface area contributed by atoms with Crippen molar-refractivity contribution < 1.29 is 4.74 Å². The molecular weight excluding hydrogens is 182 g/mol. The maximum atomic E-state index is 5.55. The average molecular weight is 197 g/mol. The van der Waals surface area contributed by atoms with Crippen molar-refractivity contribution >= 4 is 12.6 Å². The Hall–Kier alpha value is -0.670. The second-order valence-corrected chi connectivity index (χ2v) is 3.62. The number of benzene rings is 1. The van der Waals surface area contributed by atoms with Gasteiger partial charge in [0.05, 0.1) is 7.11 Å². The summed E-state index contributed by atoms with van der Waals surface area (Å²) < 4.78 is 5.22. The number of rotatable bonds is 3. The second kappa shape index (κ2) is 4.53. The van der Waals surface area contributed by atoms with Crippen molar-refractivity contribution in [1.82, 2.24) is 0 Å². The molecule has 1 aromatic carbocycles. The number of nitrogens with two attached hydrogens (primary N) is 1. The summed E-state index contributed by atoms with van der Waals surface area (Å²) in [5, 5.41) is 0.0508. The number of hydrogen-bond donors (Lipinski definition) is 2. The van der Waals surface area contributed by atoms with Gasteiger partial charge in [-0.2, -0.15) is 12.6 Å². The van der Waals surface area contributed by atoms with Crippen LogP contribution in [0.1, 0.15) is 16.4 Å². The fourth-order valence-electron chi connectivity index (χ4n) is 1.24. The van der Waals surface area contributed by atoms with E-state index in [1.54, 1.807) is 7.11 Å². The molecule has 0 bridgehead atoms. The predicted molar refractivity (Wildman–Crippen MR) is 58.5 cm³/mol. The molecule has 2 N–H and O–H groups in total. The summed E-state index contributed by atoms with van der Waals surface area (Å²) >= 11 is 4.39. The third-order valence-corrected chi connectivity index (χ3v) is 2.46. The molecule has 0 heterocycles. The molecule has 3 heteroatoms. The summed E-state index contributed by atoms with van der Waals surface area (Å²) in [4.78, 5) is 0. The number of hydrogen-bond acceptors (Lipinski definition) is 3. The van der Waals surface area contributed by atoms with Gasteiger partial charge in [0.25, 0.3) is 0 Å². The molecule has 13 heavy (non-hydrogen) atoms. The Morgan fingerprint density at radius 2 is 2.23 bits per heavy atom. The third-order valence-electron chi connectivity index (χ3n) is 1.97. The minimum atomic E-state index is 0.0508. The molecule has 2 nitrogen and oxygen atoms in total. The minimum Gasteiger partial charge on any atom is -0.496 e. The lowest BCUT2D eigenvalue weighted by atomic mass is 10.1. The van der Waals surface area contributed by atoms with Crippen LogP contribution in [0.5, 0.6) is 5.75 Å². The Morgan fingerprint density at radius 1 is 1.54 bits per heavy atom. The summed E-state index contributed by atoms with van der Waals surface area (Å²) in [6, 6.07) is 6.02. The van der Waals surface area contributed by atoms with Gasteiger partial charge >= 0.3 is 0 Å². The highest BCUT2D eigenvalue weighted by Crippen LogP contribution is 2.29. The van der Waals surface area contributed by atoms with E-state index in [2.05, 4.69) is 18.7 Å². The maximum Gasteiger partial charge on any atom is 0.123 e. The molecule has 0 aliphatic carbocycles. The number of methoxy groups -OCH3 is 1. The van der Waals surface area contributed by atoms with Gasteiger partial charge in [-0.05, 0) is 13.0 Å². The zero-order valence-corrected chi connectivity index (χ0v) is 8.84. The smallest absolute Gasteiger partial charge is 0.123 e. The molecule has 0 amide bonds. The number of aryl methyl sites for hydroxylation is 1. The first kappa shape index (κ1) is 10.4. The van der Waals surface area contributed by atoms with Gasteiger partial charge in [0, 0.05) is 17.4 Å². The highest BCUT2D eigenvalue weighted by atomic mass is 32.1. The van der Waals surface area contributed by atoms with Crippen molar-refractivity contribution in [2.24, 2.45) is 5.73 Å². The van der Waals surface area contributed by atoms with Gasteiger partial charge in [-0.3, -0.25) is 0 Å². The lowest BCUT2D eigenvalue weighted by Gasteiger charge is -2.13. The van der Waals surface area contributed by atoms with Gasteiger partial charge in [0.1, 0.15) is 5.75 Å². The van der Waals surface area contributed by atoms with Crippen LogP contribution < -0.4 is 10.5 Å². The first-order valence-electron chi connectivity index (χ1n) is 4.21. The zero-order chi connectivity index (χ0) is 9.84. The van der Waals surface area contributed by atoms with Crippen LogP contribution in [0.2, 0.25) is 0 Å². The van der Waals surface area contributed by atoms with Crippen LogP contribution in [-0.4, -0.2) is 13.7 Å². The summed E-state index contributed by atoms with van der Waals surface area (Å²) in [5.74, 6) is 0.857. The summed E-state index contributed by atoms with van der Waals surface area (Å²) in [5.41, 5.74) is 7.81. The molecule has 0 fully saturated rings. The average Bonchev–Trinajstić information content (AvgIpc) is 2.16. The maximum absolute atomic E-state index is 5.55. The van der Waals surface area contributed by atoms with E-state index in [1.165, 1.54) is 5.56 Å². The lowest BCUT2D eigenvalue weighted by Crippen LogP contribution is -2.08. The van der Waals surface area contributed by atoms with Crippen molar-refractivity contribution in [3.05, 3.63) is 29.3 Å². The van der Waals surface area contributed by atoms with Gasteiger partial charge in [0.2, 0.25) is 0 Å². The minimum absolute atomic E-state index is 0.0508. The highest BCUT2D eigenvalue weighted by molar-refractivity contribution is 7.80. The molecule has 0 aromatic heterocycles. The topological polar surface area (TPSA) is 35.2 Å². The Kier molecular flexibility index (Phi) is 3.63. The Balaban J connectivity index is 3.07. The number of thiol groups is 1. The fourth-order valence-corrected chi connectivity index (χ4v) is 1.44. The summed E-state index contributed by atoms with van der Waals surface area (Å²) in [7, 11) is 1.66.